The van der Waals surface area contributed by atoms with Gasteiger partial charge in [0.15, 0.2) is 0 Å². The Morgan fingerprint density at radius 3 is 2.89 bits per heavy atom. The van der Waals surface area contributed by atoms with E-state index in [0.29, 0.717) is 6.54 Å². The first kappa shape index (κ1) is 11.5. The number of aromatic amines is 1. The number of hydrogen-bond acceptors (Lipinski definition) is 3. The minimum atomic E-state index is 0.708. The Bertz CT molecular complexity index is 654. The van der Waals surface area contributed by atoms with Gasteiger partial charge in [-0.2, -0.15) is 0 Å². The first-order chi connectivity index (χ1) is 9.31. The van der Waals surface area contributed by atoms with Gasteiger partial charge < -0.3 is 14.9 Å². The number of aromatic nitrogens is 4. The fraction of sp³-hybridized carbons (Fsp3) is 0.143. The minimum absolute atomic E-state index is 0.708. The zero-order valence-corrected chi connectivity index (χ0v) is 10.7. The number of hydrogen-bond donors (Lipinski definition) is 2. The monoisotopic (exact) mass is 253 g/mol. The van der Waals surface area contributed by atoms with Crippen molar-refractivity contribution in [3.05, 3.63) is 55.1 Å². The van der Waals surface area contributed by atoms with E-state index < -0.39 is 0 Å². The van der Waals surface area contributed by atoms with Crippen LogP contribution in [0.5, 0.6) is 0 Å². The number of nitrogens with one attached hydrogen (secondary N) is 2. The Morgan fingerprint density at radius 2 is 2.16 bits per heavy atom. The lowest BCUT2D eigenvalue weighted by molar-refractivity contribution is 0.928. The Hall–Kier alpha value is -2.56. The number of aryl methyl sites for hydroxylation is 1. The van der Waals surface area contributed by atoms with Gasteiger partial charge in [-0.15, -0.1) is 0 Å². The van der Waals surface area contributed by atoms with Crippen LogP contribution in [-0.4, -0.2) is 19.5 Å². The lowest BCUT2D eigenvalue weighted by Gasteiger charge is -2.06. The van der Waals surface area contributed by atoms with Crippen molar-refractivity contribution in [3.63, 3.8) is 0 Å². The maximum atomic E-state index is 4.27. The van der Waals surface area contributed by atoms with Crippen molar-refractivity contribution < 1.29 is 0 Å². The van der Waals surface area contributed by atoms with Crippen LogP contribution in [0.3, 0.4) is 0 Å². The van der Waals surface area contributed by atoms with E-state index in [9.17, 15) is 0 Å². The van der Waals surface area contributed by atoms with Crippen molar-refractivity contribution in [1.82, 2.24) is 19.5 Å². The fourth-order valence-corrected chi connectivity index (χ4v) is 1.95. The molecule has 3 aromatic heterocycles. The average Bonchev–Trinajstić information content (AvgIpc) is 3.08. The average molecular weight is 253 g/mol. The molecule has 0 unspecified atom stereocenters. The molecule has 0 aliphatic carbocycles. The molecular formula is C14H15N5. The van der Waals surface area contributed by atoms with Crippen molar-refractivity contribution in [2.75, 3.05) is 5.32 Å². The second-order valence-electron chi connectivity index (χ2n) is 4.46. The molecule has 0 atom stereocenters. The van der Waals surface area contributed by atoms with Gasteiger partial charge in [0.2, 0.25) is 0 Å². The molecule has 0 aliphatic rings. The summed E-state index contributed by atoms with van der Waals surface area (Å²) >= 11 is 0. The van der Waals surface area contributed by atoms with Crippen LogP contribution in [-0.2, 0) is 13.6 Å². The van der Waals surface area contributed by atoms with Crippen LogP contribution in [0, 0.1) is 0 Å². The molecule has 3 heterocycles. The van der Waals surface area contributed by atoms with Gasteiger partial charge in [0, 0.05) is 49.2 Å². The number of rotatable bonds is 4. The topological polar surface area (TPSA) is 58.5 Å². The third-order valence-corrected chi connectivity index (χ3v) is 2.94. The molecule has 0 fully saturated rings. The molecule has 19 heavy (non-hydrogen) atoms. The molecule has 5 heteroatoms. The van der Waals surface area contributed by atoms with Crippen molar-refractivity contribution in [1.29, 1.82) is 0 Å². The van der Waals surface area contributed by atoms with E-state index in [4.69, 9.17) is 0 Å². The number of nitrogens with zero attached hydrogens (tertiary/aromatic N) is 3. The second kappa shape index (κ2) is 4.97. The summed E-state index contributed by atoms with van der Waals surface area (Å²) in [5, 5.41) is 3.32. The van der Waals surface area contributed by atoms with E-state index in [-0.39, 0.29) is 0 Å². The van der Waals surface area contributed by atoms with E-state index in [1.807, 2.05) is 36.4 Å². The van der Waals surface area contributed by atoms with Crippen molar-refractivity contribution in [2.24, 2.45) is 7.05 Å². The largest absolute Gasteiger partial charge is 0.378 e. The summed E-state index contributed by atoms with van der Waals surface area (Å²) in [5.41, 5.74) is 4.32. The third kappa shape index (κ3) is 2.65. The normalized spacial score (nSPS) is 10.6. The first-order valence-corrected chi connectivity index (χ1v) is 6.10. The summed E-state index contributed by atoms with van der Waals surface area (Å²) in [7, 11) is 2.01. The van der Waals surface area contributed by atoms with Gasteiger partial charge in [-0.1, -0.05) is 0 Å². The molecule has 5 nitrogen and oxygen atoms in total. The predicted molar refractivity (Wildman–Crippen MR) is 74.6 cm³/mol. The van der Waals surface area contributed by atoms with Crippen LogP contribution in [0.25, 0.3) is 11.1 Å². The lowest BCUT2D eigenvalue weighted by atomic mass is 10.1. The summed E-state index contributed by atoms with van der Waals surface area (Å²) in [4.78, 5) is 11.3. The standard InChI is InChI=1S/C14H15N5/c1-19-3-2-11(9-19)12-4-13(6-15-5-12)17-8-14-7-16-10-18-14/h2-7,9-10,17H,8H2,1H3,(H,16,18). The Morgan fingerprint density at radius 1 is 1.21 bits per heavy atom. The van der Waals surface area contributed by atoms with Crippen molar-refractivity contribution >= 4 is 5.69 Å². The van der Waals surface area contributed by atoms with Gasteiger partial charge in [0.1, 0.15) is 0 Å². The Labute approximate surface area is 111 Å². The van der Waals surface area contributed by atoms with E-state index in [0.717, 1.165) is 16.9 Å². The molecule has 0 aromatic carbocycles. The second-order valence-corrected chi connectivity index (χ2v) is 4.46. The Kier molecular flexibility index (Phi) is 3.02. The quantitative estimate of drug-likeness (QED) is 0.750. The molecule has 0 saturated carbocycles. The maximum absolute atomic E-state index is 4.27. The summed E-state index contributed by atoms with van der Waals surface area (Å²) in [5.74, 6) is 0. The summed E-state index contributed by atoms with van der Waals surface area (Å²) in [6, 6.07) is 4.17. The molecule has 0 spiro atoms. The zero-order chi connectivity index (χ0) is 13.1. The number of H-pyrrole nitrogens is 1. The summed E-state index contributed by atoms with van der Waals surface area (Å²) < 4.78 is 2.03. The van der Waals surface area contributed by atoms with Crippen molar-refractivity contribution in [3.8, 4) is 11.1 Å². The molecule has 0 saturated heterocycles. The van der Waals surface area contributed by atoms with E-state index in [1.54, 1.807) is 6.33 Å². The summed E-state index contributed by atoms with van der Waals surface area (Å²) in [6.07, 6.45) is 11.3. The van der Waals surface area contributed by atoms with Crippen LogP contribution in [0.2, 0.25) is 0 Å². The maximum Gasteiger partial charge on any atom is 0.0922 e. The number of pyridine rings is 1. The lowest BCUT2D eigenvalue weighted by Crippen LogP contribution is -2.00. The highest BCUT2D eigenvalue weighted by Crippen LogP contribution is 2.21. The van der Waals surface area contributed by atoms with Crippen LogP contribution in [0.1, 0.15) is 5.69 Å². The Balaban J connectivity index is 1.76. The SMILES string of the molecule is Cn1ccc(-c2cncc(NCc3cnc[nH]3)c2)c1. The highest BCUT2D eigenvalue weighted by atomic mass is 14.9. The van der Waals surface area contributed by atoms with E-state index in [2.05, 4.69) is 38.6 Å². The third-order valence-electron chi connectivity index (χ3n) is 2.94. The van der Waals surface area contributed by atoms with Gasteiger partial charge >= 0.3 is 0 Å². The van der Waals surface area contributed by atoms with Crippen molar-refractivity contribution in [2.45, 2.75) is 6.54 Å². The highest BCUT2D eigenvalue weighted by Gasteiger charge is 2.02. The number of anilines is 1. The van der Waals surface area contributed by atoms with E-state index in [1.165, 1.54) is 5.56 Å². The first-order valence-electron chi connectivity index (χ1n) is 6.10. The molecule has 3 aromatic rings. The van der Waals surface area contributed by atoms with Gasteiger partial charge in [-0.05, 0) is 12.1 Å². The van der Waals surface area contributed by atoms with Gasteiger partial charge in [-0.25, -0.2) is 4.98 Å². The number of imidazole rings is 1. The summed E-state index contributed by atoms with van der Waals surface area (Å²) in [6.45, 7) is 0.708. The van der Waals surface area contributed by atoms with Crippen LogP contribution < -0.4 is 5.32 Å². The molecule has 0 amide bonds. The molecule has 0 aliphatic heterocycles. The molecule has 96 valence electrons. The smallest absolute Gasteiger partial charge is 0.0922 e. The molecule has 2 N–H and O–H groups in total. The highest BCUT2D eigenvalue weighted by molar-refractivity contribution is 5.66. The molecule has 0 radical (unpaired) electrons. The van der Waals surface area contributed by atoms with Gasteiger partial charge in [-0.3, -0.25) is 4.98 Å². The van der Waals surface area contributed by atoms with E-state index >= 15 is 0 Å². The minimum Gasteiger partial charge on any atom is -0.378 e. The van der Waals surface area contributed by atoms with Gasteiger partial charge in [0.25, 0.3) is 0 Å². The molecule has 0 bridgehead atoms. The molecular weight excluding hydrogens is 238 g/mol. The van der Waals surface area contributed by atoms with Gasteiger partial charge in [0.05, 0.1) is 24.3 Å². The fourth-order valence-electron chi connectivity index (χ4n) is 1.95. The zero-order valence-electron chi connectivity index (χ0n) is 10.7. The van der Waals surface area contributed by atoms with Crippen LogP contribution in [0.4, 0.5) is 5.69 Å². The van der Waals surface area contributed by atoms with Crippen LogP contribution in [0.15, 0.2) is 49.4 Å². The van der Waals surface area contributed by atoms with Crippen LogP contribution >= 0.6 is 0 Å². The molecule has 3 rings (SSSR count). The predicted octanol–water partition coefficient (Wildman–Crippen LogP) is 2.42.